The first-order valence-electron chi connectivity index (χ1n) is 6.69. The third-order valence-corrected chi connectivity index (χ3v) is 5.41. The molecule has 2 heterocycles. The maximum atomic E-state index is 12.1. The first kappa shape index (κ1) is 13.5. The highest BCUT2D eigenvalue weighted by Gasteiger charge is 2.20. The number of aryl methyl sites for hydroxylation is 1. The molecule has 0 saturated carbocycles. The maximum Gasteiger partial charge on any atom is 0.281 e. The van der Waals surface area contributed by atoms with Crippen molar-refractivity contribution >= 4 is 34.8 Å². The van der Waals surface area contributed by atoms with Crippen LogP contribution in [0, 0.1) is 5.92 Å². The molecular formula is C15H16N2OS2. The summed E-state index contributed by atoms with van der Waals surface area (Å²) in [5.74, 6) is 0.619. The maximum absolute atomic E-state index is 12.1. The normalized spacial score (nSPS) is 18.1. The van der Waals surface area contributed by atoms with Crippen LogP contribution >= 0.6 is 22.7 Å². The van der Waals surface area contributed by atoms with Gasteiger partial charge >= 0.3 is 0 Å². The quantitative estimate of drug-likeness (QED) is 0.682. The van der Waals surface area contributed by atoms with Crippen LogP contribution in [0.15, 0.2) is 28.0 Å². The smallest absolute Gasteiger partial charge is 0.266 e. The highest BCUT2D eigenvalue weighted by atomic mass is 32.1. The lowest BCUT2D eigenvalue weighted by Gasteiger charge is -2.16. The minimum absolute atomic E-state index is 0.108. The number of hydrogen-bond acceptors (Lipinski definition) is 4. The van der Waals surface area contributed by atoms with Crippen molar-refractivity contribution in [3.05, 3.63) is 43.8 Å². The Kier molecular flexibility index (Phi) is 3.98. The van der Waals surface area contributed by atoms with E-state index in [9.17, 15) is 4.79 Å². The average molecular weight is 304 g/mol. The fourth-order valence-electron chi connectivity index (χ4n) is 2.39. The van der Waals surface area contributed by atoms with Gasteiger partial charge in [0.2, 0.25) is 0 Å². The van der Waals surface area contributed by atoms with E-state index in [0.717, 1.165) is 29.2 Å². The van der Waals surface area contributed by atoms with Gasteiger partial charge in [0, 0.05) is 10.4 Å². The summed E-state index contributed by atoms with van der Waals surface area (Å²) in [6.07, 6.45) is 5.10. The number of nitrogens with zero attached hydrogens (tertiary/aromatic N) is 1. The van der Waals surface area contributed by atoms with Crippen molar-refractivity contribution in [1.29, 1.82) is 0 Å². The molecule has 0 fully saturated rings. The second kappa shape index (κ2) is 5.89. The molecule has 1 amide bonds. The van der Waals surface area contributed by atoms with E-state index >= 15 is 0 Å². The third-order valence-electron chi connectivity index (χ3n) is 3.48. The molecule has 2 aromatic rings. The van der Waals surface area contributed by atoms with Crippen molar-refractivity contribution in [3.63, 3.8) is 0 Å². The van der Waals surface area contributed by atoms with Gasteiger partial charge in [-0.2, -0.15) is 16.4 Å². The zero-order valence-corrected chi connectivity index (χ0v) is 12.9. The molecule has 0 radical (unpaired) electrons. The number of thiophene rings is 2. The first-order valence-corrected chi connectivity index (χ1v) is 8.45. The van der Waals surface area contributed by atoms with E-state index in [4.69, 9.17) is 0 Å². The van der Waals surface area contributed by atoms with E-state index in [-0.39, 0.29) is 5.91 Å². The highest BCUT2D eigenvalue weighted by molar-refractivity contribution is 7.14. The van der Waals surface area contributed by atoms with Crippen molar-refractivity contribution in [2.75, 3.05) is 0 Å². The summed E-state index contributed by atoms with van der Waals surface area (Å²) in [7, 11) is 0. The zero-order chi connectivity index (χ0) is 13.9. The Morgan fingerprint density at radius 2 is 2.45 bits per heavy atom. The molecule has 2 aromatic heterocycles. The number of hydrazone groups is 1. The van der Waals surface area contributed by atoms with Crippen LogP contribution in [0.25, 0.3) is 0 Å². The van der Waals surface area contributed by atoms with Crippen molar-refractivity contribution in [3.8, 4) is 0 Å². The van der Waals surface area contributed by atoms with Crippen LogP contribution in [0.2, 0.25) is 0 Å². The van der Waals surface area contributed by atoms with Gasteiger partial charge in [-0.3, -0.25) is 4.79 Å². The van der Waals surface area contributed by atoms with Crippen molar-refractivity contribution in [2.24, 2.45) is 11.0 Å². The Balaban J connectivity index is 1.66. The van der Waals surface area contributed by atoms with Gasteiger partial charge in [0.15, 0.2) is 0 Å². The highest BCUT2D eigenvalue weighted by Crippen LogP contribution is 2.32. The summed E-state index contributed by atoms with van der Waals surface area (Å²) >= 11 is 3.22. The van der Waals surface area contributed by atoms with Crippen LogP contribution in [0.5, 0.6) is 0 Å². The monoisotopic (exact) mass is 304 g/mol. The van der Waals surface area contributed by atoms with Crippen LogP contribution in [0.4, 0.5) is 0 Å². The van der Waals surface area contributed by atoms with Gasteiger partial charge < -0.3 is 0 Å². The molecule has 5 heteroatoms. The summed E-state index contributed by atoms with van der Waals surface area (Å²) in [4.78, 5) is 14.2. The third kappa shape index (κ3) is 2.99. The second-order valence-corrected chi connectivity index (χ2v) is 7.08. The summed E-state index contributed by atoms with van der Waals surface area (Å²) in [6.45, 7) is 2.27. The van der Waals surface area contributed by atoms with Crippen LogP contribution in [-0.2, 0) is 12.8 Å². The molecule has 104 valence electrons. The number of rotatable bonds is 3. The number of hydrogen-bond donors (Lipinski definition) is 1. The fourth-order valence-corrected chi connectivity index (χ4v) is 4.10. The van der Waals surface area contributed by atoms with Crippen molar-refractivity contribution < 1.29 is 4.79 Å². The lowest BCUT2D eigenvalue weighted by molar-refractivity contribution is 0.0959. The molecule has 1 atom stereocenters. The van der Waals surface area contributed by atoms with Crippen molar-refractivity contribution in [2.45, 2.75) is 26.2 Å². The van der Waals surface area contributed by atoms with E-state index in [1.165, 1.54) is 16.9 Å². The lowest BCUT2D eigenvalue weighted by Crippen LogP contribution is -2.16. The van der Waals surface area contributed by atoms with Crippen molar-refractivity contribution in [1.82, 2.24) is 5.43 Å². The molecular weight excluding hydrogens is 288 g/mol. The molecule has 1 aliphatic rings. The predicted molar refractivity (Wildman–Crippen MR) is 84.9 cm³/mol. The predicted octanol–water partition coefficient (Wildman–Crippen LogP) is 3.70. The number of carbonyl (C=O) groups excluding carboxylic acids is 1. The molecule has 0 spiro atoms. The summed E-state index contributed by atoms with van der Waals surface area (Å²) in [5.41, 5.74) is 4.96. The van der Waals surface area contributed by atoms with Gasteiger partial charge in [0.25, 0.3) is 5.91 Å². The molecule has 0 bridgehead atoms. The van der Waals surface area contributed by atoms with Gasteiger partial charge in [-0.25, -0.2) is 5.43 Å². The van der Waals surface area contributed by atoms with E-state index < -0.39 is 0 Å². The Bertz CT molecular complexity index is 628. The molecule has 0 saturated heterocycles. The van der Waals surface area contributed by atoms with Gasteiger partial charge in [-0.05, 0) is 53.6 Å². The Morgan fingerprint density at radius 1 is 1.55 bits per heavy atom. The minimum Gasteiger partial charge on any atom is -0.266 e. The van der Waals surface area contributed by atoms with Crippen LogP contribution < -0.4 is 5.43 Å². The molecule has 1 N–H and O–H groups in total. The topological polar surface area (TPSA) is 41.5 Å². The molecule has 3 rings (SSSR count). The Hall–Kier alpha value is -1.46. The van der Waals surface area contributed by atoms with Gasteiger partial charge in [0.1, 0.15) is 0 Å². The van der Waals surface area contributed by atoms with E-state index in [0.29, 0.717) is 0 Å². The summed E-state index contributed by atoms with van der Waals surface area (Å²) in [6, 6.07) is 4.00. The fraction of sp³-hybridized carbons (Fsp3) is 0.333. The van der Waals surface area contributed by atoms with Gasteiger partial charge in [-0.1, -0.05) is 6.92 Å². The first-order chi connectivity index (χ1) is 9.72. The van der Waals surface area contributed by atoms with Crippen LogP contribution in [0.3, 0.4) is 0 Å². The SMILES string of the molecule is C[C@@H]1CCc2sc(C(=O)N/N=C\c3ccsc3)cc2C1. The Morgan fingerprint density at radius 3 is 3.25 bits per heavy atom. The molecule has 0 unspecified atom stereocenters. The van der Waals surface area contributed by atoms with Gasteiger partial charge in [0.05, 0.1) is 11.1 Å². The minimum atomic E-state index is -0.108. The lowest BCUT2D eigenvalue weighted by atomic mass is 9.90. The molecule has 0 aromatic carbocycles. The molecule has 0 aliphatic heterocycles. The summed E-state index contributed by atoms with van der Waals surface area (Å²) in [5, 5.41) is 7.97. The van der Waals surface area contributed by atoms with Crippen LogP contribution in [-0.4, -0.2) is 12.1 Å². The number of carbonyl (C=O) groups is 1. The van der Waals surface area contributed by atoms with E-state index in [1.807, 2.05) is 22.9 Å². The number of nitrogens with one attached hydrogen (secondary N) is 1. The number of amides is 1. The molecule has 20 heavy (non-hydrogen) atoms. The molecule has 3 nitrogen and oxygen atoms in total. The van der Waals surface area contributed by atoms with Gasteiger partial charge in [-0.15, -0.1) is 11.3 Å². The largest absolute Gasteiger partial charge is 0.281 e. The Labute approximate surface area is 126 Å². The zero-order valence-electron chi connectivity index (χ0n) is 11.3. The number of fused-ring (bicyclic) bond motifs is 1. The standard InChI is InChI=1S/C15H16N2OS2/c1-10-2-3-13-12(6-10)7-14(20-13)15(18)17-16-8-11-4-5-19-9-11/h4-5,7-10H,2-3,6H2,1H3,(H,17,18)/b16-8-/t10-/m1/s1. The average Bonchev–Trinajstić information content (AvgIpc) is 3.06. The summed E-state index contributed by atoms with van der Waals surface area (Å²) < 4.78 is 0. The molecule has 1 aliphatic carbocycles. The second-order valence-electron chi connectivity index (χ2n) is 5.16. The van der Waals surface area contributed by atoms with E-state index in [1.54, 1.807) is 28.9 Å². The van der Waals surface area contributed by atoms with E-state index in [2.05, 4.69) is 17.5 Å². The van der Waals surface area contributed by atoms with Crippen LogP contribution in [0.1, 0.15) is 39.0 Å².